The van der Waals surface area contributed by atoms with Crippen LogP contribution in [0.4, 0.5) is 18.9 Å². The lowest BCUT2D eigenvalue weighted by Gasteiger charge is -2.12. The zero-order chi connectivity index (χ0) is 18.8. The molecular formula is C14H15F3N4O3S. The van der Waals surface area contributed by atoms with Gasteiger partial charge in [0.15, 0.2) is 5.69 Å². The van der Waals surface area contributed by atoms with Gasteiger partial charge in [0.25, 0.3) is 5.91 Å². The van der Waals surface area contributed by atoms with Crippen LogP contribution in [0.15, 0.2) is 30.5 Å². The van der Waals surface area contributed by atoms with Crippen molar-refractivity contribution in [2.45, 2.75) is 12.7 Å². The highest BCUT2D eigenvalue weighted by Crippen LogP contribution is 2.31. The molecule has 0 unspecified atom stereocenters. The lowest BCUT2D eigenvalue weighted by molar-refractivity contribution is -0.144. The third-order valence-electron chi connectivity index (χ3n) is 3.20. The highest BCUT2D eigenvalue weighted by molar-refractivity contribution is 7.92. The minimum Gasteiger partial charge on any atom is -0.348 e. The van der Waals surface area contributed by atoms with Gasteiger partial charge in [-0.25, -0.2) is 8.42 Å². The van der Waals surface area contributed by atoms with E-state index in [1.807, 2.05) is 0 Å². The Hall–Kier alpha value is -2.56. The first kappa shape index (κ1) is 18.8. The summed E-state index contributed by atoms with van der Waals surface area (Å²) in [6.45, 7) is -0.163. The van der Waals surface area contributed by atoms with E-state index in [9.17, 15) is 26.4 Å². The Morgan fingerprint density at radius 1 is 1.28 bits per heavy atom. The van der Waals surface area contributed by atoms with Gasteiger partial charge < -0.3 is 5.32 Å². The summed E-state index contributed by atoms with van der Waals surface area (Å²) in [4.78, 5) is 12.1. The Morgan fingerprint density at radius 2 is 1.92 bits per heavy atom. The SMILES string of the molecule is Cn1ncc(C(=O)NCc2ccccc2NS(C)(=O)=O)c1C(F)(F)F. The first-order chi connectivity index (χ1) is 11.5. The number of carbonyl (C=O) groups excluding carboxylic acids is 1. The van der Waals surface area contributed by atoms with Crippen molar-refractivity contribution in [3.63, 3.8) is 0 Å². The number of rotatable bonds is 5. The summed E-state index contributed by atoms with van der Waals surface area (Å²) in [6, 6.07) is 6.22. The summed E-state index contributed by atoms with van der Waals surface area (Å²) >= 11 is 0. The quantitative estimate of drug-likeness (QED) is 0.831. The first-order valence-electron chi connectivity index (χ1n) is 6.92. The van der Waals surface area contributed by atoms with Crippen molar-refractivity contribution in [2.24, 2.45) is 7.05 Å². The predicted molar refractivity (Wildman–Crippen MR) is 84.3 cm³/mol. The monoisotopic (exact) mass is 376 g/mol. The van der Waals surface area contributed by atoms with Crippen molar-refractivity contribution < 1.29 is 26.4 Å². The van der Waals surface area contributed by atoms with Gasteiger partial charge in [0.2, 0.25) is 10.0 Å². The fourth-order valence-corrected chi connectivity index (χ4v) is 2.78. The van der Waals surface area contributed by atoms with Crippen LogP contribution >= 0.6 is 0 Å². The molecular weight excluding hydrogens is 361 g/mol. The van der Waals surface area contributed by atoms with Crippen LogP contribution in [0.2, 0.25) is 0 Å². The minimum atomic E-state index is -4.73. The van der Waals surface area contributed by atoms with Crippen LogP contribution in [0.3, 0.4) is 0 Å². The van der Waals surface area contributed by atoms with E-state index in [4.69, 9.17) is 0 Å². The number of halogens is 3. The number of benzene rings is 1. The van der Waals surface area contributed by atoms with E-state index < -0.39 is 33.4 Å². The van der Waals surface area contributed by atoms with Crippen LogP contribution in [0.5, 0.6) is 0 Å². The number of hydrogen-bond donors (Lipinski definition) is 2. The Bertz CT molecular complexity index is 891. The lowest BCUT2D eigenvalue weighted by Crippen LogP contribution is -2.26. The number of amides is 1. The van der Waals surface area contributed by atoms with Gasteiger partial charge >= 0.3 is 6.18 Å². The molecule has 2 rings (SSSR count). The number of alkyl halides is 3. The Labute approximate surface area is 141 Å². The molecule has 0 spiro atoms. The van der Waals surface area contributed by atoms with Crippen LogP contribution in [0.25, 0.3) is 0 Å². The summed E-state index contributed by atoms with van der Waals surface area (Å²) in [5.41, 5.74) is -1.14. The van der Waals surface area contributed by atoms with E-state index in [0.717, 1.165) is 19.5 Å². The van der Waals surface area contributed by atoms with Crippen LogP contribution < -0.4 is 10.0 Å². The fourth-order valence-electron chi connectivity index (χ4n) is 2.18. The molecule has 0 saturated heterocycles. The van der Waals surface area contributed by atoms with Gasteiger partial charge in [0, 0.05) is 13.6 Å². The molecule has 7 nitrogen and oxygen atoms in total. The second-order valence-corrected chi connectivity index (χ2v) is 6.99. The number of carbonyl (C=O) groups is 1. The van der Waals surface area contributed by atoms with Crippen molar-refractivity contribution in [1.29, 1.82) is 0 Å². The van der Waals surface area contributed by atoms with Gasteiger partial charge in [-0.05, 0) is 11.6 Å². The molecule has 0 bridgehead atoms. The number of anilines is 1. The van der Waals surface area contributed by atoms with Crippen LogP contribution in [-0.4, -0.2) is 30.4 Å². The maximum absolute atomic E-state index is 13.0. The summed E-state index contributed by atoms with van der Waals surface area (Å²) in [7, 11) is -2.45. The zero-order valence-corrected chi connectivity index (χ0v) is 14.1. The molecule has 2 N–H and O–H groups in total. The molecule has 1 heterocycles. The van der Waals surface area contributed by atoms with Crippen LogP contribution in [-0.2, 0) is 29.8 Å². The van der Waals surface area contributed by atoms with Gasteiger partial charge in [-0.2, -0.15) is 18.3 Å². The Balaban J connectivity index is 2.20. The van der Waals surface area contributed by atoms with Crippen LogP contribution in [0.1, 0.15) is 21.6 Å². The molecule has 11 heteroatoms. The summed E-state index contributed by atoms with van der Waals surface area (Å²) in [5, 5.41) is 5.81. The van der Waals surface area contributed by atoms with Crippen molar-refractivity contribution >= 4 is 21.6 Å². The Morgan fingerprint density at radius 3 is 2.52 bits per heavy atom. The molecule has 0 aliphatic heterocycles. The molecule has 0 fully saturated rings. The van der Waals surface area contributed by atoms with E-state index in [2.05, 4.69) is 15.1 Å². The summed E-state index contributed by atoms with van der Waals surface area (Å²) in [5.74, 6) is -0.963. The fraction of sp³-hybridized carbons (Fsp3) is 0.286. The third kappa shape index (κ3) is 4.72. The van der Waals surface area contributed by atoms with Crippen molar-refractivity contribution in [3.8, 4) is 0 Å². The molecule has 1 amide bonds. The molecule has 0 atom stereocenters. The van der Waals surface area contributed by atoms with E-state index in [-0.39, 0.29) is 12.2 Å². The van der Waals surface area contributed by atoms with Crippen molar-refractivity contribution in [2.75, 3.05) is 11.0 Å². The minimum absolute atomic E-state index is 0.163. The molecule has 2 aromatic rings. The number of aromatic nitrogens is 2. The summed E-state index contributed by atoms with van der Waals surface area (Å²) in [6.07, 6.45) is -2.93. The molecule has 25 heavy (non-hydrogen) atoms. The average Bonchev–Trinajstić information content (AvgIpc) is 2.86. The molecule has 1 aromatic heterocycles. The number of para-hydroxylation sites is 1. The third-order valence-corrected chi connectivity index (χ3v) is 3.79. The predicted octanol–water partition coefficient (Wildman–Crippen LogP) is 1.74. The topological polar surface area (TPSA) is 93.1 Å². The smallest absolute Gasteiger partial charge is 0.348 e. The Kier molecular flexibility index (Phi) is 5.07. The lowest BCUT2D eigenvalue weighted by atomic mass is 10.1. The summed E-state index contributed by atoms with van der Waals surface area (Å²) < 4.78 is 64.5. The van der Waals surface area contributed by atoms with Gasteiger partial charge in [-0.1, -0.05) is 18.2 Å². The second-order valence-electron chi connectivity index (χ2n) is 5.24. The largest absolute Gasteiger partial charge is 0.433 e. The van der Waals surface area contributed by atoms with E-state index in [1.165, 1.54) is 6.07 Å². The van der Waals surface area contributed by atoms with E-state index in [0.29, 0.717) is 10.2 Å². The number of nitrogens with zero attached hydrogens (tertiary/aromatic N) is 2. The average molecular weight is 376 g/mol. The number of hydrogen-bond acceptors (Lipinski definition) is 4. The van der Waals surface area contributed by atoms with E-state index >= 15 is 0 Å². The normalized spacial score (nSPS) is 12.0. The van der Waals surface area contributed by atoms with Gasteiger partial charge in [0.1, 0.15) is 0 Å². The van der Waals surface area contributed by atoms with Gasteiger partial charge in [-0.15, -0.1) is 0 Å². The number of sulfonamides is 1. The maximum Gasteiger partial charge on any atom is 0.433 e. The molecule has 0 aliphatic rings. The highest BCUT2D eigenvalue weighted by Gasteiger charge is 2.39. The molecule has 0 radical (unpaired) electrons. The maximum atomic E-state index is 13.0. The second kappa shape index (κ2) is 6.75. The highest BCUT2D eigenvalue weighted by atomic mass is 32.2. The first-order valence-corrected chi connectivity index (χ1v) is 8.81. The van der Waals surface area contributed by atoms with Gasteiger partial charge in [-0.3, -0.25) is 14.2 Å². The molecule has 136 valence electrons. The van der Waals surface area contributed by atoms with Gasteiger partial charge in [0.05, 0.1) is 23.7 Å². The van der Waals surface area contributed by atoms with Crippen molar-refractivity contribution in [1.82, 2.24) is 15.1 Å². The number of nitrogens with one attached hydrogen (secondary N) is 2. The molecule has 1 aromatic carbocycles. The van der Waals surface area contributed by atoms with E-state index in [1.54, 1.807) is 18.2 Å². The zero-order valence-electron chi connectivity index (χ0n) is 13.3. The molecule has 0 saturated carbocycles. The van der Waals surface area contributed by atoms with Crippen LogP contribution in [0, 0.1) is 0 Å². The number of aryl methyl sites for hydroxylation is 1. The van der Waals surface area contributed by atoms with Crippen molar-refractivity contribution in [3.05, 3.63) is 47.3 Å². The molecule has 0 aliphatic carbocycles. The standard InChI is InChI=1S/C14H15F3N4O3S/c1-21-12(14(15,16)17)10(8-19-21)13(22)18-7-9-5-3-4-6-11(9)20-25(2,23)24/h3-6,8,20H,7H2,1-2H3,(H,18,22).